The maximum atomic E-state index is 11.9. The molecular formula is C5H6F2N4O. The molecule has 1 heterocycles. The Morgan fingerprint density at radius 1 is 1.75 bits per heavy atom. The quantitative estimate of drug-likeness (QED) is 0.375. The first-order chi connectivity index (χ1) is 5.65. The number of aromatic nitrogens is 2. The highest BCUT2D eigenvalue weighted by atomic mass is 19.3. The number of rotatable bonds is 2. The molecule has 1 amide bonds. The van der Waals surface area contributed by atoms with Crippen LogP contribution in [0.3, 0.4) is 0 Å². The predicted octanol–water partition coefficient (Wildman–Crippen LogP) is -0.118. The fourth-order valence-electron chi connectivity index (χ4n) is 0.645. The minimum atomic E-state index is -2.75. The fourth-order valence-corrected chi connectivity index (χ4v) is 0.645. The first kappa shape index (κ1) is 8.60. The van der Waals surface area contributed by atoms with Gasteiger partial charge in [-0.05, 0) is 0 Å². The Bertz CT molecular complexity index is 285. The van der Waals surface area contributed by atoms with E-state index in [0.29, 0.717) is 4.68 Å². The molecule has 5 nitrogen and oxygen atoms in total. The lowest BCUT2D eigenvalue weighted by molar-refractivity contribution is 0.0565. The Morgan fingerprint density at radius 3 is 2.83 bits per heavy atom. The van der Waals surface area contributed by atoms with E-state index >= 15 is 0 Å². The number of nitrogens with zero attached hydrogens (tertiary/aromatic N) is 2. The Balaban J connectivity index is 2.84. The minimum Gasteiger partial charge on any atom is -0.290 e. The molecule has 1 rings (SSSR count). The lowest BCUT2D eigenvalue weighted by atomic mass is 10.3. The van der Waals surface area contributed by atoms with Crippen LogP contribution in [0.5, 0.6) is 0 Å². The summed E-state index contributed by atoms with van der Waals surface area (Å²) in [4.78, 5) is 10.7. The zero-order valence-corrected chi connectivity index (χ0v) is 5.87. The number of carbonyl (C=O) groups is 1. The second kappa shape index (κ2) is 3.26. The van der Waals surface area contributed by atoms with Crippen LogP contribution >= 0.6 is 0 Å². The van der Waals surface area contributed by atoms with Gasteiger partial charge in [0, 0.05) is 6.20 Å². The summed E-state index contributed by atoms with van der Waals surface area (Å²) >= 11 is 0. The first-order valence-electron chi connectivity index (χ1n) is 2.98. The van der Waals surface area contributed by atoms with Crippen molar-refractivity contribution in [3.63, 3.8) is 0 Å². The summed E-state index contributed by atoms with van der Waals surface area (Å²) in [6.45, 7) is -2.75. The van der Waals surface area contributed by atoms with E-state index < -0.39 is 12.5 Å². The number of nitrogens with one attached hydrogen (secondary N) is 1. The third kappa shape index (κ3) is 1.56. The Kier molecular flexibility index (Phi) is 2.34. The third-order valence-corrected chi connectivity index (χ3v) is 1.19. The lowest BCUT2D eigenvalue weighted by Crippen LogP contribution is -2.29. The molecule has 0 aromatic carbocycles. The number of amides is 1. The standard InChI is InChI=1S/C5H6F2N4O/c6-5(7)11-2-3(1-9-11)4(12)10-8/h1-2,5H,8H2,(H,10,12). The molecule has 0 unspecified atom stereocenters. The number of carbonyl (C=O) groups excluding carboxylic acids is 1. The fraction of sp³-hybridized carbons (Fsp3) is 0.200. The van der Waals surface area contributed by atoms with Crippen molar-refractivity contribution >= 4 is 5.91 Å². The molecule has 0 fully saturated rings. The summed E-state index contributed by atoms with van der Waals surface area (Å²) in [5, 5.41) is 3.24. The average molecular weight is 176 g/mol. The normalized spacial score (nSPS) is 10.3. The summed E-state index contributed by atoms with van der Waals surface area (Å²) in [6, 6.07) is 0. The highest BCUT2D eigenvalue weighted by Gasteiger charge is 2.11. The van der Waals surface area contributed by atoms with Gasteiger partial charge in [0.25, 0.3) is 5.91 Å². The van der Waals surface area contributed by atoms with Gasteiger partial charge in [0.15, 0.2) is 0 Å². The van der Waals surface area contributed by atoms with Crippen LogP contribution in [0.25, 0.3) is 0 Å². The Hall–Kier alpha value is -1.50. The molecule has 7 heteroatoms. The molecule has 0 aliphatic carbocycles. The Labute approximate surface area is 66.1 Å². The van der Waals surface area contributed by atoms with Gasteiger partial charge in [-0.1, -0.05) is 0 Å². The van der Waals surface area contributed by atoms with Crippen molar-refractivity contribution in [1.29, 1.82) is 0 Å². The van der Waals surface area contributed by atoms with Crippen LogP contribution in [-0.2, 0) is 0 Å². The van der Waals surface area contributed by atoms with E-state index in [1.54, 1.807) is 5.43 Å². The molecular weight excluding hydrogens is 170 g/mol. The highest BCUT2D eigenvalue weighted by Crippen LogP contribution is 2.08. The van der Waals surface area contributed by atoms with Crippen LogP contribution < -0.4 is 11.3 Å². The molecule has 0 aliphatic rings. The largest absolute Gasteiger partial charge is 0.333 e. The van der Waals surface area contributed by atoms with Gasteiger partial charge < -0.3 is 0 Å². The lowest BCUT2D eigenvalue weighted by Gasteiger charge is -1.95. The highest BCUT2D eigenvalue weighted by molar-refractivity contribution is 5.93. The number of hydrazine groups is 1. The zero-order valence-electron chi connectivity index (χ0n) is 5.87. The number of nitrogens with two attached hydrogens (primary N) is 1. The maximum Gasteiger partial charge on any atom is 0.333 e. The van der Waals surface area contributed by atoms with E-state index in [0.717, 1.165) is 12.4 Å². The van der Waals surface area contributed by atoms with Crippen LogP contribution in [0.2, 0.25) is 0 Å². The van der Waals surface area contributed by atoms with E-state index in [1.165, 1.54) is 0 Å². The summed E-state index contributed by atoms with van der Waals surface area (Å²) in [7, 11) is 0. The van der Waals surface area contributed by atoms with Crippen molar-refractivity contribution in [2.24, 2.45) is 5.84 Å². The number of nitrogen functional groups attached to an aromatic ring is 1. The third-order valence-electron chi connectivity index (χ3n) is 1.19. The topological polar surface area (TPSA) is 72.9 Å². The average Bonchev–Trinajstić information content (AvgIpc) is 2.51. The second-order valence-electron chi connectivity index (χ2n) is 1.96. The molecule has 0 aliphatic heterocycles. The monoisotopic (exact) mass is 176 g/mol. The van der Waals surface area contributed by atoms with Crippen LogP contribution in [-0.4, -0.2) is 15.7 Å². The summed E-state index contributed by atoms with van der Waals surface area (Å²) in [5.74, 6) is 4.11. The number of hydrogen-bond donors (Lipinski definition) is 2. The number of halogens is 2. The Morgan fingerprint density at radius 2 is 2.42 bits per heavy atom. The minimum absolute atomic E-state index is 0.00204. The van der Waals surface area contributed by atoms with Gasteiger partial charge in [-0.15, -0.1) is 0 Å². The molecule has 1 aromatic rings. The van der Waals surface area contributed by atoms with Crippen LogP contribution in [0.1, 0.15) is 16.9 Å². The van der Waals surface area contributed by atoms with Crippen molar-refractivity contribution in [3.8, 4) is 0 Å². The number of alkyl halides is 2. The van der Waals surface area contributed by atoms with Crippen molar-refractivity contribution in [2.45, 2.75) is 6.55 Å². The van der Waals surface area contributed by atoms with Gasteiger partial charge >= 0.3 is 6.55 Å². The van der Waals surface area contributed by atoms with E-state index in [9.17, 15) is 13.6 Å². The van der Waals surface area contributed by atoms with Crippen molar-refractivity contribution in [3.05, 3.63) is 18.0 Å². The molecule has 0 atom stereocenters. The molecule has 0 saturated carbocycles. The smallest absolute Gasteiger partial charge is 0.290 e. The molecule has 1 aromatic heterocycles. The van der Waals surface area contributed by atoms with Crippen LogP contribution in [0.4, 0.5) is 8.78 Å². The van der Waals surface area contributed by atoms with Gasteiger partial charge in [-0.2, -0.15) is 13.9 Å². The van der Waals surface area contributed by atoms with Crippen LogP contribution in [0.15, 0.2) is 12.4 Å². The van der Waals surface area contributed by atoms with Gasteiger partial charge in [0.2, 0.25) is 0 Å². The summed E-state index contributed by atoms with van der Waals surface area (Å²) < 4.78 is 24.1. The molecule has 0 bridgehead atoms. The van der Waals surface area contributed by atoms with Gasteiger partial charge in [-0.25, -0.2) is 10.5 Å². The summed E-state index contributed by atoms with van der Waals surface area (Å²) in [6.07, 6.45) is 1.92. The van der Waals surface area contributed by atoms with Crippen LogP contribution in [0, 0.1) is 0 Å². The molecule has 0 radical (unpaired) electrons. The van der Waals surface area contributed by atoms with Gasteiger partial charge in [0.05, 0.1) is 11.8 Å². The van der Waals surface area contributed by atoms with Gasteiger partial charge in [0.1, 0.15) is 0 Å². The first-order valence-corrected chi connectivity index (χ1v) is 2.98. The molecule has 0 saturated heterocycles. The van der Waals surface area contributed by atoms with E-state index in [4.69, 9.17) is 5.84 Å². The van der Waals surface area contributed by atoms with Gasteiger partial charge in [-0.3, -0.25) is 10.2 Å². The van der Waals surface area contributed by atoms with Crippen molar-refractivity contribution in [2.75, 3.05) is 0 Å². The second-order valence-corrected chi connectivity index (χ2v) is 1.96. The van der Waals surface area contributed by atoms with E-state index in [1.807, 2.05) is 0 Å². The molecule has 0 spiro atoms. The van der Waals surface area contributed by atoms with Crippen molar-refractivity contribution < 1.29 is 13.6 Å². The van der Waals surface area contributed by atoms with E-state index in [-0.39, 0.29) is 5.56 Å². The maximum absolute atomic E-state index is 11.9. The van der Waals surface area contributed by atoms with Crippen molar-refractivity contribution in [1.82, 2.24) is 15.2 Å². The number of hydrogen-bond acceptors (Lipinski definition) is 3. The molecule has 66 valence electrons. The zero-order chi connectivity index (χ0) is 9.14. The molecule has 12 heavy (non-hydrogen) atoms. The predicted molar refractivity (Wildman–Crippen MR) is 35.1 cm³/mol. The SMILES string of the molecule is NNC(=O)c1cnn(C(F)F)c1. The van der Waals surface area contributed by atoms with E-state index in [2.05, 4.69) is 5.10 Å². The molecule has 3 N–H and O–H groups in total. The summed E-state index contributed by atoms with van der Waals surface area (Å²) in [5.41, 5.74) is 1.79.